The Kier molecular flexibility index (Phi) is 4.32. The minimum atomic E-state index is -0.332. The molecule has 0 aliphatic carbocycles. The van der Waals surface area contributed by atoms with Crippen LogP contribution in [0.3, 0.4) is 0 Å². The van der Waals surface area contributed by atoms with Crippen LogP contribution in [-0.4, -0.2) is 22.9 Å². The normalized spacial score (nSPS) is 18.7. The van der Waals surface area contributed by atoms with Gasteiger partial charge in [0.2, 0.25) is 0 Å². The van der Waals surface area contributed by atoms with Crippen LogP contribution < -0.4 is 0 Å². The van der Waals surface area contributed by atoms with E-state index in [2.05, 4.69) is 0 Å². The van der Waals surface area contributed by atoms with Crippen LogP contribution in [0.1, 0.15) is 20.8 Å². The summed E-state index contributed by atoms with van der Waals surface area (Å²) in [4.78, 5) is 0. The monoisotopic (exact) mass is 144 g/mol. The highest BCUT2D eigenvalue weighted by molar-refractivity contribution is 5.01. The van der Waals surface area contributed by atoms with Gasteiger partial charge < -0.3 is 10.2 Å². The van der Waals surface area contributed by atoms with Gasteiger partial charge in [-0.3, -0.25) is 0 Å². The molecule has 0 aromatic heterocycles. The molecule has 10 heavy (non-hydrogen) atoms. The maximum absolute atomic E-state index is 9.04. The summed E-state index contributed by atoms with van der Waals surface area (Å²) in [5.41, 5.74) is 0.911. The number of aliphatic hydroxyl groups excluding tert-OH is 2. The average Bonchev–Trinajstić information content (AvgIpc) is 1.87. The van der Waals surface area contributed by atoms with Gasteiger partial charge in [0, 0.05) is 0 Å². The van der Waals surface area contributed by atoms with E-state index in [4.69, 9.17) is 10.2 Å². The van der Waals surface area contributed by atoms with Crippen LogP contribution in [0, 0.1) is 5.92 Å². The molecule has 0 aliphatic rings. The minimum Gasteiger partial charge on any atom is -0.393 e. The van der Waals surface area contributed by atoms with Crippen LogP contribution in [0.2, 0.25) is 0 Å². The fourth-order valence-electron chi connectivity index (χ4n) is 0.641. The fourth-order valence-corrected chi connectivity index (χ4v) is 0.641. The van der Waals surface area contributed by atoms with Gasteiger partial charge in [-0.15, -0.1) is 0 Å². The summed E-state index contributed by atoms with van der Waals surface area (Å²) in [5, 5.41) is 17.7. The van der Waals surface area contributed by atoms with Crippen LogP contribution in [0.5, 0.6) is 0 Å². The summed E-state index contributed by atoms with van der Waals surface area (Å²) in [6.07, 6.45) is 1.55. The summed E-state index contributed by atoms with van der Waals surface area (Å²) < 4.78 is 0. The highest BCUT2D eigenvalue weighted by Gasteiger charge is 2.04. The molecule has 0 aromatic carbocycles. The van der Waals surface area contributed by atoms with Gasteiger partial charge in [-0.1, -0.05) is 18.6 Å². The molecule has 0 fully saturated rings. The first-order chi connectivity index (χ1) is 4.57. The van der Waals surface area contributed by atoms with Crippen molar-refractivity contribution in [2.24, 2.45) is 5.92 Å². The number of rotatable bonds is 3. The summed E-state index contributed by atoms with van der Waals surface area (Å²) >= 11 is 0. The van der Waals surface area contributed by atoms with E-state index in [0.29, 0.717) is 0 Å². The number of hydrogen-bond acceptors (Lipinski definition) is 2. The largest absolute Gasteiger partial charge is 0.393 e. The van der Waals surface area contributed by atoms with Crippen molar-refractivity contribution in [2.75, 3.05) is 6.61 Å². The lowest BCUT2D eigenvalue weighted by molar-refractivity contribution is 0.156. The van der Waals surface area contributed by atoms with Crippen molar-refractivity contribution in [1.29, 1.82) is 0 Å². The Bertz CT molecular complexity index is 116. The molecule has 0 bridgehead atoms. The van der Waals surface area contributed by atoms with Gasteiger partial charge in [-0.25, -0.2) is 0 Å². The summed E-state index contributed by atoms with van der Waals surface area (Å²) in [6, 6.07) is 0. The van der Waals surface area contributed by atoms with Gasteiger partial charge in [0.25, 0.3) is 0 Å². The highest BCUT2D eigenvalue weighted by atomic mass is 16.3. The maximum Gasteiger partial charge on any atom is 0.0639 e. The van der Waals surface area contributed by atoms with Gasteiger partial charge in [-0.2, -0.15) is 0 Å². The van der Waals surface area contributed by atoms with Crippen LogP contribution in [-0.2, 0) is 0 Å². The second-order valence-corrected chi connectivity index (χ2v) is 2.77. The van der Waals surface area contributed by atoms with Crippen molar-refractivity contribution < 1.29 is 10.2 Å². The molecule has 0 heterocycles. The van der Waals surface area contributed by atoms with Gasteiger partial charge in [0.05, 0.1) is 12.7 Å². The Morgan fingerprint density at radius 1 is 1.50 bits per heavy atom. The van der Waals surface area contributed by atoms with Crippen LogP contribution in [0.4, 0.5) is 0 Å². The van der Waals surface area contributed by atoms with E-state index in [-0.39, 0.29) is 18.6 Å². The fraction of sp³-hybridized carbons (Fsp3) is 0.750. The van der Waals surface area contributed by atoms with Crippen LogP contribution >= 0.6 is 0 Å². The summed E-state index contributed by atoms with van der Waals surface area (Å²) in [6.45, 7) is 5.59. The first kappa shape index (κ1) is 9.66. The lowest BCUT2D eigenvalue weighted by atomic mass is 10.0. The van der Waals surface area contributed by atoms with E-state index >= 15 is 0 Å². The lowest BCUT2D eigenvalue weighted by Crippen LogP contribution is -2.10. The molecule has 0 spiro atoms. The Balaban J connectivity index is 3.86. The number of aliphatic hydroxyl groups is 2. The molecule has 0 saturated heterocycles. The van der Waals surface area contributed by atoms with Gasteiger partial charge >= 0.3 is 0 Å². The SMILES string of the molecule is C/C(=C/[C@H](C)[C@H](C)O)CO. The smallest absolute Gasteiger partial charge is 0.0639 e. The Labute approximate surface area is 62.2 Å². The predicted molar refractivity (Wildman–Crippen MR) is 41.7 cm³/mol. The van der Waals surface area contributed by atoms with Crippen molar-refractivity contribution in [1.82, 2.24) is 0 Å². The molecular weight excluding hydrogens is 128 g/mol. The highest BCUT2D eigenvalue weighted by Crippen LogP contribution is 2.06. The Morgan fingerprint density at radius 3 is 2.30 bits per heavy atom. The summed E-state index contributed by atoms with van der Waals surface area (Å²) in [7, 11) is 0. The quantitative estimate of drug-likeness (QED) is 0.579. The first-order valence-corrected chi connectivity index (χ1v) is 3.54. The van der Waals surface area contributed by atoms with Crippen molar-refractivity contribution in [2.45, 2.75) is 26.9 Å². The molecule has 0 aromatic rings. The molecule has 2 heteroatoms. The Hall–Kier alpha value is -0.340. The maximum atomic E-state index is 9.04. The second kappa shape index (κ2) is 4.47. The van der Waals surface area contributed by atoms with E-state index in [9.17, 15) is 0 Å². The van der Waals surface area contributed by atoms with Gasteiger partial charge in [0.15, 0.2) is 0 Å². The Morgan fingerprint density at radius 2 is 2.00 bits per heavy atom. The molecule has 0 rings (SSSR count). The molecular formula is C8H16O2. The lowest BCUT2D eigenvalue weighted by Gasteiger charge is -2.09. The molecule has 2 nitrogen and oxygen atoms in total. The molecule has 0 radical (unpaired) electrons. The molecule has 2 N–H and O–H groups in total. The van der Waals surface area contributed by atoms with E-state index in [0.717, 1.165) is 5.57 Å². The van der Waals surface area contributed by atoms with Crippen LogP contribution in [0.15, 0.2) is 11.6 Å². The average molecular weight is 144 g/mol. The third-order valence-electron chi connectivity index (χ3n) is 1.56. The minimum absolute atomic E-state index is 0.0804. The van der Waals surface area contributed by atoms with E-state index in [1.165, 1.54) is 0 Å². The zero-order valence-electron chi connectivity index (χ0n) is 6.83. The first-order valence-electron chi connectivity index (χ1n) is 3.54. The molecule has 2 atom stereocenters. The van der Waals surface area contributed by atoms with E-state index < -0.39 is 0 Å². The van der Waals surface area contributed by atoms with Crippen molar-refractivity contribution in [3.8, 4) is 0 Å². The zero-order chi connectivity index (χ0) is 8.15. The zero-order valence-corrected chi connectivity index (χ0v) is 6.83. The van der Waals surface area contributed by atoms with Gasteiger partial charge in [0.1, 0.15) is 0 Å². The molecule has 60 valence electrons. The standard InChI is InChI=1S/C8H16O2/c1-6(5-9)4-7(2)8(3)10/h4,7-10H,5H2,1-3H3/b6-4-/t7-,8-/m0/s1. The molecule has 0 aliphatic heterocycles. The topological polar surface area (TPSA) is 40.5 Å². The number of hydrogen-bond donors (Lipinski definition) is 2. The predicted octanol–water partition coefficient (Wildman–Crippen LogP) is 0.942. The van der Waals surface area contributed by atoms with Crippen LogP contribution in [0.25, 0.3) is 0 Å². The third kappa shape index (κ3) is 3.64. The molecule has 0 saturated carbocycles. The van der Waals surface area contributed by atoms with Gasteiger partial charge in [-0.05, 0) is 19.8 Å². The molecule has 0 amide bonds. The molecule has 0 unspecified atom stereocenters. The van der Waals surface area contributed by atoms with E-state index in [1.54, 1.807) is 6.92 Å². The van der Waals surface area contributed by atoms with Crippen molar-refractivity contribution in [3.63, 3.8) is 0 Å². The van der Waals surface area contributed by atoms with Crippen molar-refractivity contribution in [3.05, 3.63) is 11.6 Å². The second-order valence-electron chi connectivity index (χ2n) is 2.77. The third-order valence-corrected chi connectivity index (χ3v) is 1.56. The van der Waals surface area contributed by atoms with E-state index in [1.807, 2.05) is 19.9 Å². The summed E-state index contributed by atoms with van der Waals surface area (Å²) in [5.74, 6) is 0.132. The van der Waals surface area contributed by atoms with Crippen molar-refractivity contribution >= 4 is 0 Å².